The fraction of sp³-hybridized carbons (Fsp3) is 0.700. The number of aliphatic carboxylic acids is 1. The first-order valence-electron chi connectivity index (χ1n) is 5.62. The number of carbonyl (C=O) groups is 2. The van der Waals surface area contributed by atoms with E-state index in [4.69, 9.17) is 10.5 Å². The van der Waals surface area contributed by atoms with E-state index in [9.17, 15) is 9.59 Å². The number of amides is 2. The highest BCUT2D eigenvalue weighted by Crippen LogP contribution is 2.34. The molecule has 0 radical (unpaired) electrons. The van der Waals surface area contributed by atoms with Crippen molar-refractivity contribution >= 4 is 45.8 Å². The number of unbranched alkanes of at least 4 members (excludes halogenated alkanes) is 1. The van der Waals surface area contributed by atoms with Gasteiger partial charge in [0.1, 0.15) is 0 Å². The Bertz CT molecular complexity index is 366. The molecule has 0 aromatic rings. The summed E-state index contributed by atoms with van der Waals surface area (Å²) in [5.41, 5.74) is 0. The number of nitrogens with one attached hydrogen (secondary N) is 3. The van der Waals surface area contributed by atoms with Crippen molar-refractivity contribution in [3.63, 3.8) is 0 Å². The van der Waals surface area contributed by atoms with Crippen molar-refractivity contribution in [1.29, 1.82) is 5.41 Å². The molecular weight excluding hydrogens is 322 g/mol. The van der Waals surface area contributed by atoms with Gasteiger partial charge in [-0.25, -0.2) is 4.79 Å². The molecule has 102 valence electrons. The molecule has 0 spiro atoms. The first-order chi connectivity index (χ1) is 8.08. The van der Waals surface area contributed by atoms with Crippen LogP contribution in [0, 0.1) is 5.41 Å². The molecule has 0 bridgehead atoms. The fourth-order valence-electron chi connectivity index (χ4n) is 2.21. The zero-order valence-corrected chi connectivity index (χ0v) is 12.2. The minimum absolute atomic E-state index is 0. The van der Waals surface area contributed by atoms with Crippen molar-refractivity contribution in [1.82, 2.24) is 10.6 Å². The number of carboxylic acids is 1. The van der Waals surface area contributed by atoms with Crippen LogP contribution in [-0.4, -0.2) is 39.5 Å². The number of rotatable bonds is 5. The van der Waals surface area contributed by atoms with Crippen LogP contribution in [0.4, 0.5) is 4.79 Å². The van der Waals surface area contributed by atoms with Gasteiger partial charge in [-0.1, -0.05) is 6.42 Å². The molecular formula is C10H16BrN3O3S. The summed E-state index contributed by atoms with van der Waals surface area (Å²) in [5, 5.41) is 22.5. The van der Waals surface area contributed by atoms with Gasteiger partial charge in [0.15, 0.2) is 0 Å². The Kier molecular flexibility index (Phi) is 5.46. The van der Waals surface area contributed by atoms with Crippen molar-refractivity contribution in [2.24, 2.45) is 0 Å². The minimum atomic E-state index is -0.773. The van der Waals surface area contributed by atoms with E-state index in [1.54, 1.807) is 0 Å². The molecule has 3 atom stereocenters. The summed E-state index contributed by atoms with van der Waals surface area (Å²) < 4.78 is 0. The monoisotopic (exact) mass is 337 g/mol. The van der Waals surface area contributed by atoms with Gasteiger partial charge in [0.25, 0.3) is 0 Å². The molecule has 4 N–H and O–H groups in total. The largest absolute Gasteiger partial charge is 0.481 e. The van der Waals surface area contributed by atoms with Crippen LogP contribution in [0.2, 0.25) is 0 Å². The predicted molar refractivity (Wildman–Crippen MR) is 74.8 cm³/mol. The average Bonchev–Trinajstić information content (AvgIpc) is 2.74. The van der Waals surface area contributed by atoms with Gasteiger partial charge in [-0.05, 0) is 12.8 Å². The quantitative estimate of drug-likeness (QED) is 0.449. The molecule has 6 nitrogen and oxygen atoms in total. The SMILES string of the molecule is Br.N=C1S[C@H](CCCCC(=O)O)[C@@H]2NC(=O)N[C@H]12. The van der Waals surface area contributed by atoms with Crippen molar-refractivity contribution in [3.8, 4) is 0 Å². The number of hydrogen-bond acceptors (Lipinski definition) is 4. The molecule has 2 saturated heterocycles. The van der Waals surface area contributed by atoms with Crippen molar-refractivity contribution in [3.05, 3.63) is 0 Å². The molecule has 0 aromatic carbocycles. The maximum absolute atomic E-state index is 11.2. The summed E-state index contributed by atoms with van der Waals surface area (Å²) in [7, 11) is 0. The van der Waals surface area contributed by atoms with E-state index in [1.165, 1.54) is 11.8 Å². The van der Waals surface area contributed by atoms with Gasteiger partial charge in [-0.2, -0.15) is 0 Å². The summed E-state index contributed by atoms with van der Waals surface area (Å²) in [6.45, 7) is 0. The molecule has 8 heteroatoms. The smallest absolute Gasteiger partial charge is 0.315 e. The Labute approximate surface area is 120 Å². The van der Waals surface area contributed by atoms with Crippen molar-refractivity contribution < 1.29 is 14.7 Å². The number of fused-ring (bicyclic) bond motifs is 1. The van der Waals surface area contributed by atoms with Gasteiger partial charge < -0.3 is 15.7 Å². The topological polar surface area (TPSA) is 102 Å². The number of hydrogen-bond donors (Lipinski definition) is 4. The Morgan fingerprint density at radius 1 is 1.39 bits per heavy atom. The number of urea groups is 1. The molecule has 18 heavy (non-hydrogen) atoms. The fourth-order valence-corrected chi connectivity index (χ4v) is 3.55. The molecule has 2 rings (SSSR count). The molecule has 2 fully saturated rings. The van der Waals surface area contributed by atoms with E-state index in [0.717, 1.165) is 12.8 Å². The van der Waals surface area contributed by atoms with E-state index >= 15 is 0 Å². The maximum atomic E-state index is 11.2. The molecule has 2 aliphatic heterocycles. The van der Waals surface area contributed by atoms with E-state index in [0.29, 0.717) is 11.5 Å². The number of carbonyl (C=O) groups excluding carboxylic acids is 1. The molecule has 0 aliphatic carbocycles. The number of carboxylic acid groups (broad SMARTS) is 1. The van der Waals surface area contributed by atoms with Crippen LogP contribution >= 0.6 is 28.7 Å². The van der Waals surface area contributed by atoms with Crippen LogP contribution in [0.25, 0.3) is 0 Å². The van der Waals surface area contributed by atoms with Gasteiger partial charge in [0, 0.05) is 11.7 Å². The highest BCUT2D eigenvalue weighted by molar-refractivity contribution is 8.93. The van der Waals surface area contributed by atoms with Gasteiger partial charge in [0.2, 0.25) is 0 Å². The third-order valence-electron chi connectivity index (χ3n) is 3.03. The van der Waals surface area contributed by atoms with Gasteiger partial charge >= 0.3 is 12.0 Å². The highest BCUT2D eigenvalue weighted by atomic mass is 79.9. The first-order valence-corrected chi connectivity index (χ1v) is 6.50. The van der Waals surface area contributed by atoms with Crippen LogP contribution in [0.15, 0.2) is 0 Å². The standard InChI is InChI=1S/C10H15N3O3S.BrH/c11-9-8-7(12-10(16)13-8)5(17-9)3-1-2-4-6(14)15;/h5,7-8,11H,1-4H2,(H,14,15)(H2,12,13,16);1H/t5-,7+,8+;/m1./s1. The molecule has 0 saturated carbocycles. The predicted octanol–water partition coefficient (Wildman–Crippen LogP) is 1.35. The molecule has 0 unspecified atom stereocenters. The van der Waals surface area contributed by atoms with Crippen LogP contribution < -0.4 is 10.6 Å². The second-order valence-electron chi connectivity index (χ2n) is 4.28. The Morgan fingerprint density at radius 2 is 2.11 bits per heavy atom. The van der Waals surface area contributed by atoms with Crippen molar-refractivity contribution in [2.45, 2.75) is 43.0 Å². The van der Waals surface area contributed by atoms with Crippen LogP contribution in [-0.2, 0) is 4.79 Å². The molecule has 2 heterocycles. The lowest BCUT2D eigenvalue weighted by molar-refractivity contribution is -0.137. The molecule has 0 aromatic heterocycles. The zero-order chi connectivity index (χ0) is 12.4. The highest BCUT2D eigenvalue weighted by Gasteiger charge is 2.46. The van der Waals surface area contributed by atoms with Crippen LogP contribution in [0.3, 0.4) is 0 Å². The van der Waals surface area contributed by atoms with Gasteiger partial charge in [0.05, 0.1) is 17.1 Å². The van der Waals surface area contributed by atoms with E-state index < -0.39 is 5.97 Å². The van der Waals surface area contributed by atoms with E-state index in [-0.39, 0.29) is 46.8 Å². The second kappa shape index (κ2) is 6.42. The van der Waals surface area contributed by atoms with Crippen LogP contribution in [0.5, 0.6) is 0 Å². The van der Waals surface area contributed by atoms with Gasteiger partial charge in [-0.3, -0.25) is 10.2 Å². The maximum Gasteiger partial charge on any atom is 0.315 e. The number of thioether (sulfide) groups is 1. The van der Waals surface area contributed by atoms with Crippen LogP contribution in [0.1, 0.15) is 25.7 Å². The summed E-state index contributed by atoms with van der Waals surface area (Å²) >= 11 is 1.48. The Balaban J connectivity index is 0.00000162. The van der Waals surface area contributed by atoms with Gasteiger partial charge in [-0.15, -0.1) is 28.7 Å². The first kappa shape index (κ1) is 15.3. The zero-order valence-electron chi connectivity index (χ0n) is 9.64. The Morgan fingerprint density at radius 3 is 2.78 bits per heavy atom. The average molecular weight is 338 g/mol. The summed E-state index contributed by atoms with van der Waals surface area (Å²) in [4.78, 5) is 21.5. The lowest BCUT2D eigenvalue weighted by atomic mass is 10.0. The molecule has 2 aliphatic rings. The third kappa shape index (κ3) is 3.38. The minimum Gasteiger partial charge on any atom is -0.481 e. The third-order valence-corrected chi connectivity index (χ3v) is 4.37. The van der Waals surface area contributed by atoms with Crippen molar-refractivity contribution in [2.75, 3.05) is 0 Å². The summed E-state index contributed by atoms with van der Waals surface area (Å²) in [6.07, 6.45) is 2.49. The lowest BCUT2D eigenvalue weighted by Crippen LogP contribution is -2.37. The Hall–Kier alpha value is -0.760. The number of halogens is 1. The summed E-state index contributed by atoms with van der Waals surface area (Å²) in [6, 6.07) is -0.401. The summed E-state index contributed by atoms with van der Waals surface area (Å²) in [5.74, 6) is -0.773. The normalized spacial score (nSPS) is 29.2. The second-order valence-corrected chi connectivity index (χ2v) is 5.56. The molecule has 2 amide bonds. The van der Waals surface area contributed by atoms with E-state index in [2.05, 4.69) is 10.6 Å². The van der Waals surface area contributed by atoms with E-state index in [1.807, 2.05) is 0 Å². The lowest BCUT2D eigenvalue weighted by Gasteiger charge is -2.15.